The number of hydrogen-bond acceptors (Lipinski definition) is 3. The summed E-state index contributed by atoms with van der Waals surface area (Å²) in [5.41, 5.74) is 4.63. The van der Waals surface area contributed by atoms with Gasteiger partial charge in [-0.2, -0.15) is 0 Å². The van der Waals surface area contributed by atoms with E-state index in [2.05, 4.69) is 4.98 Å². The van der Waals surface area contributed by atoms with Crippen LogP contribution in [0.2, 0.25) is 0 Å². The van der Waals surface area contributed by atoms with Crippen molar-refractivity contribution in [3.63, 3.8) is 0 Å². The van der Waals surface area contributed by atoms with E-state index in [0.717, 1.165) is 12.2 Å². The molecule has 4 heteroatoms. The van der Waals surface area contributed by atoms with E-state index in [1.165, 1.54) is 0 Å². The Kier molecular flexibility index (Phi) is 3.06. The lowest BCUT2D eigenvalue weighted by Crippen LogP contribution is -2.34. The summed E-state index contributed by atoms with van der Waals surface area (Å²) in [5.74, 6) is 0.980. The minimum atomic E-state index is -0.772. The van der Waals surface area contributed by atoms with E-state index in [0.29, 0.717) is 6.42 Å². The normalized spacial score (nSPS) is 15.7. The highest BCUT2D eigenvalue weighted by Gasteiger charge is 2.18. The Balaban J connectivity index is 2.48. The number of rotatable bonds is 4. The fourth-order valence-corrected chi connectivity index (χ4v) is 1.12. The van der Waals surface area contributed by atoms with Gasteiger partial charge in [0.25, 0.3) is 0 Å². The smallest absolute Gasteiger partial charge is 0.108 e. The first-order valence-corrected chi connectivity index (χ1v) is 4.44. The zero-order valence-electron chi connectivity index (χ0n) is 8.20. The van der Waals surface area contributed by atoms with Crippen LogP contribution in [0.4, 0.5) is 0 Å². The molecule has 0 aliphatic carbocycles. The summed E-state index contributed by atoms with van der Waals surface area (Å²) in [4.78, 5) is 4.16. The first-order valence-electron chi connectivity index (χ1n) is 4.44. The Labute approximate surface area is 78.4 Å². The average Bonchev–Trinajstić information content (AvgIpc) is 2.48. The fourth-order valence-electron chi connectivity index (χ4n) is 1.12. The van der Waals surface area contributed by atoms with Crippen LogP contribution < -0.4 is 5.73 Å². The number of imidazole rings is 1. The van der Waals surface area contributed by atoms with E-state index in [1.54, 1.807) is 13.1 Å². The van der Waals surface area contributed by atoms with Gasteiger partial charge in [0, 0.05) is 32.4 Å². The third-order valence-electron chi connectivity index (χ3n) is 2.25. The molecule has 0 saturated heterocycles. The van der Waals surface area contributed by atoms with Crippen molar-refractivity contribution < 1.29 is 5.11 Å². The van der Waals surface area contributed by atoms with Crippen LogP contribution in [-0.4, -0.2) is 26.8 Å². The average molecular weight is 183 g/mol. The molecule has 3 N–H and O–H groups in total. The SMILES string of the molecule is Cn1ccnc1CCC(C)(O)CN. The monoisotopic (exact) mass is 183 g/mol. The van der Waals surface area contributed by atoms with E-state index in [1.807, 2.05) is 17.8 Å². The van der Waals surface area contributed by atoms with Gasteiger partial charge in [0.05, 0.1) is 5.60 Å². The Bertz CT molecular complexity index is 268. The van der Waals surface area contributed by atoms with E-state index < -0.39 is 5.60 Å². The lowest BCUT2D eigenvalue weighted by Gasteiger charge is -2.20. The molecule has 0 bridgehead atoms. The largest absolute Gasteiger partial charge is 0.389 e. The molecule has 0 saturated carbocycles. The van der Waals surface area contributed by atoms with Crippen LogP contribution in [0, 0.1) is 0 Å². The number of nitrogens with two attached hydrogens (primary N) is 1. The first kappa shape index (κ1) is 10.2. The van der Waals surface area contributed by atoms with Gasteiger partial charge in [0.1, 0.15) is 5.82 Å². The van der Waals surface area contributed by atoms with Crippen LogP contribution in [0.15, 0.2) is 12.4 Å². The van der Waals surface area contributed by atoms with Gasteiger partial charge in [0.15, 0.2) is 0 Å². The van der Waals surface area contributed by atoms with Crippen molar-refractivity contribution >= 4 is 0 Å². The second kappa shape index (κ2) is 3.89. The highest BCUT2D eigenvalue weighted by molar-refractivity contribution is 4.93. The standard InChI is InChI=1S/C9H17N3O/c1-9(13,7-10)4-3-8-11-5-6-12(8)2/h5-6,13H,3-4,7,10H2,1-2H3. The van der Waals surface area contributed by atoms with Crippen molar-refractivity contribution in [2.45, 2.75) is 25.4 Å². The maximum atomic E-state index is 9.65. The molecule has 0 aromatic carbocycles. The maximum Gasteiger partial charge on any atom is 0.108 e. The predicted molar refractivity (Wildman–Crippen MR) is 51.2 cm³/mol. The van der Waals surface area contributed by atoms with Crippen molar-refractivity contribution in [1.29, 1.82) is 0 Å². The second-order valence-corrected chi connectivity index (χ2v) is 3.66. The molecule has 74 valence electrons. The molecule has 0 spiro atoms. The van der Waals surface area contributed by atoms with Gasteiger partial charge in [0.2, 0.25) is 0 Å². The highest BCUT2D eigenvalue weighted by atomic mass is 16.3. The molecule has 1 heterocycles. The summed E-state index contributed by atoms with van der Waals surface area (Å²) >= 11 is 0. The van der Waals surface area contributed by atoms with Gasteiger partial charge in [-0.25, -0.2) is 4.98 Å². The number of aromatic nitrogens is 2. The van der Waals surface area contributed by atoms with Crippen LogP contribution in [0.25, 0.3) is 0 Å². The predicted octanol–water partition coefficient (Wildman–Crippen LogP) is 0.0624. The summed E-state index contributed by atoms with van der Waals surface area (Å²) < 4.78 is 1.95. The molecule has 0 fully saturated rings. The molecule has 0 amide bonds. The van der Waals surface area contributed by atoms with Crippen LogP contribution in [0.1, 0.15) is 19.2 Å². The molecule has 1 rings (SSSR count). The Morgan fingerprint density at radius 3 is 2.85 bits per heavy atom. The molecular weight excluding hydrogens is 166 g/mol. The summed E-state index contributed by atoms with van der Waals surface area (Å²) in [6, 6.07) is 0. The molecule has 13 heavy (non-hydrogen) atoms. The summed E-state index contributed by atoms with van der Waals surface area (Å²) in [7, 11) is 1.94. The maximum absolute atomic E-state index is 9.65. The zero-order chi connectivity index (χ0) is 9.90. The summed E-state index contributed by atoms with van der Waals surface area (Å²) in [6.07, 6.45) is 5.06. The van der Waals surface area contributed by atoms with Crippen LogP contribution in [-0.2, 0) is 13.5 Å². The van der Waals surface area contributed by atoms with Crippen molar-refractivity contribution in [2.75, 3.05) is 6.54 Å². The molecular formula is C9H17N3O. The van der Waals surface area contributed by atoms with Crippen LogP contribution in [0.3, 0.4) is 0 Å². The summed E-state index contributed by atoms with van der Waals surface area (Å²) in [6.45, 7) is 2.04. The Morgan fingerprint density at radius 1 is 1.69 bits per heavy atom. The molecule has 1 unspecified atom stereocenters. The molecule has 1 aromatic heterocycles. The van der Waals surface area contributed by atoms with E-state index >= 15 is 0 Å². The van der Waals surface area contributed by atoms with Gasteiger partial charge in [-0.05, 0) is 13.3 Å². The second-order valence-electron chi connectivity index (χ2n) is 3.66. The van der Waals surface area contributed by atoms with Crippen molar-refractivity contribution in [3.05, 3.63) is 18.2 Å². The molecule has 1 atom stereocenters. The molecule has 4 nitrogen and oxygen atoms in total. The molecule has 1 aromatic rings. The topological polar surface area (TPSA) is 64.1 Å². The molecule has 0 aliphatic heterocycles. The van der Waals surface area contributed by atoms with Crippen LogP contribution >= 0.6 is 0 Å². The molecule has 0 radical (unpaired) electrons. The van der Waals surface area contributed by atoms with Crippen molar-refractivity contribution in [3.8, 4) is 0 Å². The van der Waals surface area contributed by atoms with E-state index in [9.17, 15) is 5.11 Å². The quantitative estimate of drug-likeness (QED) is 0.694. The van der Waals surface area contributed by atoms with Crippen molar-refractivity contribution in [1.82, 2.24) is 9.55 Å². The number of nitrogens with zero attached hydrogens (tertiary/aromatic N) is 2. The third-order valence-corrected chi connectivity index (χ3v) is 2.25. The van der Waals surface area contributed by atoms with Crippen LogP contribution in [0.5, 0.6) is 0 Å². The Hall–Kier alpha value is -0.870. The Morgan fingerprint density at radius 2 is 2.38 bits per heavy atom. The number of hydrogen-bond donors (Lipinski definition) is 2. The lowest BCUT2D eigenvalue weighted by atomic mass is 10.0. The fraction of sp³-hybridized carbons (Fsp3) is 0.667. The van der Waals surface area contributed by atoms with E-state index in [-0.39, 0.29) is 6.54 Å². The van der Waals surface area contributed by atoms with Gasteiger partial charge in [-0.3, -0.25) is 0 Å². The minimum Gasteiger partial charge on any atom is -0.389 e. The first-order chi connectivity index (χ1) is 6.05. The zero-order valence-corrected chi connectivity index (χ0v) is 8.20. The number of aryl methyl sites for hydroxylation is 2. The number of aliphatic hydroxyl groups is 1. The van der Waals surface area contributed by atoms with Gasteiger partial charge < -0.3 is 15.4 Å². The third kappa shape index (κ3) is 2.82. The van der Waals surface area contributed by atoms with E-state index in [4.69, 9.17) is 5.73 Å². The molecule has 0 aliphatic rings. The highest BCUT2D eigenvalue weighted by Crippen LogP contribution is 2.10. The van der Waals surface area contributed by atoms with Crippen molar-refractivity contribution in [2.24, 2.45) is 12.8 Å². The minimum absolute atomic E-state index is 0.289. The van der Waals surface area contributed by atoms with Gasteiger partial charge in [-0.15, -0.1) is 0 Å². The summed E-state index contributed by atoms with van der Waals surface area (Å²) in [5, 5.41) is 9.65. The van der Waals surface area contributed by atoms with Gasteiger partial charge >= 0.3 is 0 Å². The van der Waals surface area contributed by atoms with Gasteiger partial charge in [-0.1, -0.05) is 0 Å². The lowest BCUT2D eigenvalue weighted by molar-refractivity contribution is 0.0596.